The van der Waals surface area contributed by atoms with E-state index in [-0.39, 0.29) is 27.5 Å². The molecule has 26 heteroatoms. The number of nitrogens with one attached hydrogen (secondary N) is 8. The number of rotatable bonds is 18. The Morgan fingerprint density at radius 2 is 0.868 bits per heavy atom. The van der Waals surface area contributed by atoms with E-state index in [4.69, 9.17) is 4.74 Å². The second-order valence-electron chi connectivity index (χ2n) is 28.2. The molecule has 25 nitrogen and oxygen atoms in total. The number of anilines is 9. The number of hydrogen-bond acceptors (Lipinski definition) is 17. The summed E-state index contributed by atoms with van der Waals surface area (Å²) in [6.07, 6.45) is 22.8. The van der Waals surface area contributed by atoms with Crippen LogP contribution in [-0.4, -0.2) is 123 Å². The van der Waals surface area contributed by atoms with Crippen LogP contribution in [-0.2, 0) is 9.84 Å². The van der Waals surface area contributed by atoms with Crippen molar-refractivity contribution >= 4 is 89.5 Å². The van der Waals surface area contributed by atoms with E-state index >= 15 is 0 Å². The zero-order valence-electron chi connectivity index (χ0n) is 63.5. The highest BCUT2D eigenvalue weighted by Crippen LogP contribution is 2.34. The lowest BCUT2D eigenvalue weighted by Gasteiger charge is -2.38. The zero-order valence-corrected chi connectivity index (χ0v) is 64.4. The van der Waals surface area contributed by atoms with Gasteiger partial charge < -0.3 is 51.2 Å². The first-order valence-electron chi connectivity index (χ1n) is 37.3. The monoisotopic (exact) mass is 1540 g/mol. The lowest BCUT2D eigenvalue weighted by atomic mass is 10.0. The summed E-state index contributed by atoms with van der Waals surface area (Å²) in [5.41, 5.74) is 21.5. The molecule has 0 radical (unpaired) electrons. The Morgan fingerprint density at radius 1 is 0.456 bits per heavy atom. The van der Waals surface area contributed by atoms with Gasteiger partial charge in [0.2, 0.25) is 16.7 Å². The Kier molecular flexibility index (Phi) is 21.9. The number of nitrogens with zero attached hydrogens (tertiary/aromatic N) is 10. The van der Waals surface area contributed by atoms with Gasteiger partial charge in [-0.05, 0) is 209 Å². The number of aromatic nitrogens is 11. The molecule has 2 fully saturated rings. The maximum absolute atomic E-state index is 12.1. The molecule has 12 heterocycles. The third-order valence-electron chi connectivity index (χ3n) is 20.0. The fourth-order valence-corrected chi connectivity index (χ4v) is 14.3. The minimum absolute atomic E-state index is 0.0306. The van der Waals surface area contributed by atoms with Gasteiger partial charge >= 0.3 is 0 Å². The Labute approximate surface area is 656 Å². The van der Waals surface area contributed by atoms with Gasteiger partial charge in [-0.2, -0.15) is 0 Å². The molecular formula is C88H84N18O7S. The molecule has 8 N–H and O–H groups in total. The second kappa shape index (κ2) is 33.2. The predicted octanol–water partition coefficient (Wildman–Crippen LogP) is 15.5. The molecule has 11 aromatic heterocycles. The Balaban J connectivity index is 0.000000120. The van der Waals surface area contributed by atoms with Gasteiger partial charge in [0, 0.05) is 188 Å². The molecule has 2 aliphatic rings. The number of carbonyl (C=O) groups excluding carboxylic acids is 1. The average Bonchev–Trinajstić information content (AvgIpc) is 1.61. The molecule has 1 aliphatic carbocycles. The van der Waals surface area contributed by atoms with Crippen molar-refractivity contribution in [1.29, 1.82) is 0 Å². The average molecular weight is 1540 g/mol. The standard InChI is InChI=1S/C28H33N5.C22H19N5O2.C19H16N4O3S.C19H16N4O2/c1-20(2)31-15-17-32(18-16-31)25-9-7-24(8-10-25)30-26-11-12-27(33-14-13-29-28(26)33)23-6-5-21(3)22(4)19-23;28-20-13-15(9-10-23-20)19-8-7-18(21-24-11-12-27(19)21)25-16-3-1-14(2-4-16)22(29)26-17-5-6-17;1-27(25,26)15-4-2-3-14(12-15)22-16-5-6-17(23-10-9-21-19(16)23)13-7-8-20-18(24)11-13;1-25-15-4-2-3-14(12-15)22-16-5-6-17(23-10-9-21-19(16)23)13-7-8-20-18(24)11-13/h5-14,19-20,30H,15-18H2,1-4H3;1-4,7-13,17,25H,5-6H2,(H,23,28)(H,26,29);2-12,22H,1H3,(H,20,24);2-12,22H,1H3,(H,20,24). The molecule has 574 valence electrons. The number of methoxy groups -OCH3 is 1. The first-order valence-corrected chi connectivity index (χ1v) is 39.2. The molecule has 114 heavy (non-hydrogen) atoms. The molecule has 1 saturated carbocycles. The summed E-state index contributed by atoms with van der Waals surface area (Å²) in [5.74, 6) is 0.751. The molecule has 1 aliphatic heterocycles. The van der Waals surface area contributed by atoms with Crippen molar-refractivity contribution in [3.63, 3.8) is 0 Å². The number of ether oxygens (including phenoxy) is 1. The van der Waals surface area contributed by atoms with Crippen LogP contribution in [0.15, 0.2) is 288 Å². The number of fused-ring (bicyclic) bond motifs is 4. The summed E-state index contributed by atoms with van der Waals surface area (Å²) in [6, 6.07) is 64.1. The molecule has 5 aromatic carbocycles. The number of aryl methyl sites for hydroxylation is 2. The highest BCUT2D eigenvalue weighted by molar-refractivity contribution is 7.90. The van der Waals surface area contributed by atoms with Crippen molar-refractivity contribution in [3.05, 3.63) is 316 Å². The lowest BCUT2D eigenvalue weighted by Crippen LogP contribution is -2.48. The van der Waals surface area contributed by atoms with Crippen LogP contribution in [0, 0.1) is 13.8 Å². The summed E-state index contributed by atoms with van der Waals surface area (Å²) in [6.45, 7) is 13.3. The number of carbonyl (C=O) groups is 1. The van der Waals surface area contributed by atoms with Crippen LogP contribution < -0.4 is 52.9 Å². The van der Waals surface area contributed by atoms with E-state index in [0.717, 1.165) is 141 Å². The first kappa shape index (κ1) is 75.3. The van der Waals surface area contributed by atoms with Crippen molar-refractivity contribution < 1.29 is 17.9 Å². The number of H-pyrrole nitrogens is 3. The number of benzene rings is 5. The minimum atomic E-state index is -3.29. The van der Waals surface area contributed by atoms with E-state index in [2.05, 4.69) is 158 Å². The quantitative estimate of drug-likeness (QED) is 0.0396. The van der Waals surface area contributed by atoms with Crippen LogP contribution in [0.1, 0.15) is 48.2 Å². The number of amides is 1. The number of pyridine rings is 7. The molecule has 0 bridgehead atoms. The Morgan fingerprint density at radius 3 is 1.27 bits per heavy atom. The normalized spacial score (nSPS) is 12.8. The summed E-state index contributed by atoms with van der Waals surface area (Å²) in [5, 5.41) is 16.5. The van der Waals surface area contributed by atoms with Crippen LogP contribution in [0.25, 0.3) is 67.6 Å². The predicted molar refractivity (Wildman–Crippen MR) is 452 cm³/mol. The summed E-state index contributed by atoms with van der Waals surface area (Å²) < 4.78 is 36.7. The van der Waals surface area contributed by atoms with Crippen molar-refractivity contribution in [2.75, 3.05) is 65.7 Å². The third kappa shape index (κ3) is 17.4. The van der Waals surface area contributed by atoms with Crippen molar-refractivity contribution in [3.8, 4) is 50.8 Å². The second-order valence-corrected chi connectivity index (χ2v) is 30.2. The van der Waals surface area contributed by atoms with Gasteiger partial charge in [-0.1, -0.05) is 24.3 Å². The minimum Gasteiger partial charge on any atom is -0.497 e. The highest BCUT2D eigenvalue weighted by Gasteiger charge is 2.25. The highest BCUT2D eigenvalue weighted by atomic mass is 32.2. The van der Waals surface area contributed by atoms with E-state index < -0.39 is 9.84 Å². The molecule has 16 aromatic rings. The van der Waals surface area contributed by atoms with Crippen molar-refractivity contribution in [2.24, 2.45) is 0 Å². The SMILES string of the molecule is COc1cccc(Nc2ccc(-c3cc[nH]c(=O)c3)n3ccnc23)c1.CS(=O)(=O)c1cccc(Nc2ccc(-c3cc[nH]c(=O)c3)n3ccnc23)c1.Cc1ccc(-c2ccc(Nc3ccc(N4CCN(C(C)C)CC4)cc3)c3nccn23)cc1C.O=C(NC1CC1)c1ccc(Nc2ccc(-c3cc[nH]c(=O)c3)n3ccnc23)cc1. The van der Waals surface area contributed by atoms with E-state index in [1.807, 2.05) is 147 Å². The molecule has 0 spiro atoms. The maximum Gasteiger partial charge on any atom is 0.251 e. The number of hydrogen-bond donors (Lipinski definition) is 8. The number of sulfone groups is 1. The molecule has 1 saturated heterocycles. The number of imidazole rings is 4. The summed E-state index contributed by atoms with van der Waals surface area (Å²) in [7, 11) is -1.65. The smallest absolute Gasteiger partial charge is 0.251 e. The van der Waals surface area contributed by atoms with Gasteiger partial charge in [-0.25, -0.2) is 28.4 Å². The molecule has 0 unspecified atom stereocenters. The Hall–Kier alpha value is -14.1. The molecule has 0 atom stereocenters. The van der Waals surface area contributed by atoms with E-state index in [1.54, 1.807) is 80.7 Å². The van der Waals surface area contributed by atoms with Gasteiger partial charge in [0.15, 0.2) is 32.4 Å². The first-order chi connectivity index (χ1) is 55.3. The van der Waals surface area contributed by atoms with Gasteiger partial charge in [0.25, 0.3) is 5.91 Å². The van der Waals surface area contributed by atoms with Crippen LogP contribution in [0.2, 0.25) is 0 Å². The van der Waals surface area contributed by atoms with Crippen LogP contribution in [0.5, 0.6) is 5.75 Å². The van der Waals surface area contributed by atoms with E-state index in [9.17, 15) is 27.6 Å². The summed E-state index contributed by atoms with van der Waals surface area (Å²) >= 11 is 0. The van der Waals surface area contributed by atoms with Gasteiger partial charge in [-0.3, -0.25) is 41.7 Å². The van der Waals surface area contributed by atoms with Gasteiger partial charge in [0.1, 0.15) is 5.75 Å². The molecule has 1 amide bonds. The lowest BCUT2D eigenvalue weighted by molar-refractivity contribution is 0.0951. The Bertz CT molecular complexity index is 6470. The zero-order chi connectivity index (χ0) is 79.0. The molecule has 18 rings (SSSR count). The van der Waals surface area contributed by atoms with Gasteiger partial charge in [0.05, 0.1) is 57.5 Å². The van der Waals surface area contributed by atoms with Crippen molar-refractivity contribution in [1.82, 2.24) is 62.7 Å². The fraction of sp³-hybridized carbons (Fsp3) is 0.159. The third-order valence-corrected chi connectivity index (χ3v) is 21.1. The van der Waals surface area contributed by atoms with Crippen LogP contribution in [0.3, 0.4) is 0 Å². The summed E-state index contributed by atoms with van der Waals surface area (Å²) in [4.78, 5) is 78.1. The maximum atomic E-state index is 12.1. The fourth-order valence-electron chi connectivity index (χ4n) is 13.7. The van der Waals surface area contributed by atoms with E-state index in [1.165, 1.54) is 34.7 Å². The van der Waals surface area contributed by atoms with Crippen LogP contribution in [0.4, 0.5) is 51.2 Å². The molecular weight excluding hydrogens is 1450 g/mol. The van der Waals surface area contributed by atoms with Gasteiger partial charge in [-0.15, -0.1) is 0 Å². The van der Waals surface area contributed by atoms with Crippen LogP contribution >= 0.6 is 0 Å². The largest absolute Gasteiger partial charge is 0.497 e. The van der Waals surface area contributed by atoms with Crippen molar-refractivity contribution in [2.45, 2.75) is 57.5 Å². The van der Waals surface area contributed by atoms with E-state index in [0.29, 0.717) is 29.0 Å². The number of piperazine rings is 1. The topological polar surface area (TPSA) is 295 Å². The number of aromatic amines is 3.